The van der Waals surface area contributed by atoms with Crippen LogP contribution in [-0.2, 0) is 4.79 Å². The summed E-state index contributed by atoms with van der Waals surface area (Å²) in [5.41, 5.74) is 2.30. The van der Waals surface area contributed by atoms with E-state index in [1.54, 1.807) is 6.92 Å². The summed E-state index contributed by atoms with van der Waals surface area (Å²) in [5, 5.41) is 2.93. The van der Waals surface area contributed by atoms with Crippen LogP contribution in [-0.4, -0.2) is 32.1 Å². The smallest absolute Gasteiger partial charge is 0.260 e. The number of nitrogens with zero attached hydrogens (tertiary/aromatic N) is 1. The molecule has 0 radical (unpaired) electrons. The van der Waals surface area contributed by atoms with Crippen LogP contribution in [0.15, 0.2) is 54.6 Å². The number of ether oxygens (including phenoxy) is 1. The highest BCUT2D eigenvalue weighted by atomic mass is 16.5. The molecule has 1 atom stereocenters. The van der Waals surface area contributed by atoms with Crippen molar-refractivity contribution in [1.82, 2.24) is 5.32 Å². The fourth-order valence-corrected chi connectivity index (χ4v) is 2.43. The van der Waals surface area contributed by atoms with Gasteiger partial charge in [-0.1, -0.05) is 30.3 Å². The van der Waals surface area contributed by atoms with Crippen LogP contribution in [0.1, 0.15) is 18.9 Å². The highest BCUT2D eigenvalue weighted by Gasteiger charge is 2.14. The van der Waals surface area contributed by atoms with Crippen molar-refractivity contribution < 1.29 is 9.53 Å². The molecular formula is C20H26N2O2. The number of amides is 1. The van der Waals surface area contributed by atoms with Gasteiger partial charge in [-0.3, -0.25) is 4.79 Å². The van der Waals surface area contributed by atoms with Gasteiger partial charge in [-0.2, -0.15) is 0 Å². The Hall–Kier alpha value is -2.49. The first-order valence-corrected chi connectivity index (χ1v) is 8.33. The lowest BCUT2D eigenvalue weighted by atomic mass is 10.2. The van der Waals surface area contributed by atoms with Gasteiger partial charge in [0.2, 0.25) is 0 Å². The number of aryl methyl sites for hydroxylation is 1. The summed E-state index contributed by atoms with van der Waals surface area (Å²) < 4.78 is 5.68. The lowest BCUT2D eigenvalue weighted by Crippen LogP contribution is -2.37. The summed E-state index contributed by atoms with van der Waals surface area (Å²) in [6.07, 6.45) is 0.382. The minimum atomic E-state index is -0.501. The number of hydrogen-bond donors (Lipinski definition) is 1. The fourth-order valence-electron chi connectivity index (χ4n) is 2.43. The van der Waals surface area contributed by atoms with Gasteiger partial charge in [0.05, 0.1) is 0 Å². The molecule has 0 saturated heterocycles. The standard InChI is InChI=1S/C20H26N2O2/c1-16-9-7-12-19(15-16)24-17(2)20(23)21-13-8-14-22(3)18-10-5-4-6-11-18/h4-7,9-12,15,17H,8,13-14H2,1-3H3,(H,21,23)/t17-/m1/s1. The monoisotopic (exact) mass is 326 g/mol. The van der Waals surface area contributed by atoms with E-state index in [0.717, 1.165) is 24.3 Å². The van der Waals surface area contributed by atoms with Crippen LogP contribution in [0.3, 0.4) is 0 Å². The molecule has 0 unspecified atom stereocenters. The van der Waals surface area contributed by atoms with E-state index in [4.69, 9.17) is 4.74 Å². The van der Waals surface area contributed by atoms with Crippen molar-refractivity contribution in [2.45, 2.75) is 26.4 Å². The molecule has 4 nitrogen and oxygen atoms in total. The lowest BCUT2D eigenvalue weighted by molar-refractivity contribution is -0.127. The molecule has 0 aliphatic rings. The minimum Gasteiger partial charge on any atom is -0.481 e. The van der Waals surface area contributed by atoms with Gasteiger partial charge in [0.1, 0.15) is 5.75 Å². The maximum Gasteiger partial charge on any atom is 0.260 e. The number of nitrogens with one attached hydrogen (secondary N) is 1. The van der Waals surface area contributed by atoms with Gasteiger partial charge in [-0.05, 0) is 50.1 Å². The van der Waals surface area contributed by atoms with Gasteiger partial charge in [0.15, 0.2) is 6.10 Å². The SMILES string of the molecule is Cc1cccc(O[C@H](C)C(=O)NCCCN(C)c2ccccc2)c1. The molecule has 0 spiro atoms. The van der Waals surface area contributed by atoms with Gasteiger partial charge in [0, 0.05) is 25.8 Å². The predicted molar refractivity (Wildman–Crippen MR) is 98.6 cm³/mol. The fraction of sp³-hybridized carbons (Fsp3) is 0.350. The number of anilines is 1. The van der Waals surface area contributed by atoms with E-state index in [-0.39, 0.29) is 5.91 Å². The molecule has 1 N–H and O–H groups in total. The Morgan fingerprint density at radius 2 is 1.92 bits per heavy atom. The molecule has 0 aliphatic carbocycles. The van der Waals surface area contributed by atoms with Crippen molar-refractivity contribution in [3.05, 3.63) is 60.2 Å². The van der Waals surface area contributed by atoms with E-state index in [2.05, 4.69) is 29.4 Å². The highest BCUT2D eigenvalue weighted by Crippen LogP contribution is 2.14. The van der Waals surface area contributed by atoms with Gasteiger partial charge in [-0.15, -0.1) is 0 Å². The maximum absolute atomic E-state index is 12.1. The van der Waals surface area contributed by atoms with E-state index in [1.807, 2.05) is 49.4 Å². The van der Waals surface area contributed by atoms with E-state index < -0.39 is 6.10 Å². The van der Waals surface area contributed by atoms with Crippen molar-refractivity contribution in [2.75, 3.05) is 25.0 Å². The van der Waals surface area contributed by atoms with E-state index in [1.165, 1.54) is 5.69 Å². The Morgan fingerprint density at radius 3 is 2.62 bits per heavy atom. The first-order valence-electron chi connectivity index (χ1n) is 8.33. The molecule has 0 aliphatic heterocycles. The summed E-state index contributed by atoms with van der Waals surface area (Å²) in [7, 11) is 2.06. The maximum atomic E-state index is 12.1. The Kier molecular flexibility index (Phi) is 6.67. The molecule has 2 aromatic rings. The molecule has 2 aromatic carbocycles. The highest BCUT2D eigenvalue weighted by molar-refractivity contribution is 5.80. The van der Waals surface area contributed by atoms with Crippen LogP contribution in [0, 0.1) is 6.92 Å². The molecule has 0 heterocycles. The van der Waals surface area contributed by atoms with Crippen LogP contribution in [0.4, 0.5) is 5.69 Å². The van der Waals surface area contributed by atoms with E-state index >= 15 is 0 Å². The minimum absolute atomic E-state index is 0.0844. The summed E-state index contributed by atoms with van der Waals surface area (Å²) in [5.74, 6) is 0.639. The molecule has 1 amide bonds. The van der Waals surface area contributed by atoms with Crippen LogP contribution in [0.25, 0.3) is 0 Å². The van der Waals surface area contributed by atoms with Gasteiger partial charge < -0.3 is 15.0 Å². The zero-order valence-electron chi connectivity index (χ0n) is 14.7. The van der Waals surface area contributed by atoms with Crippen molar-refractivity contribution in [3.63, 3.8) is 0 Å². The van der Waals surface area contributed by atoms with E-state index in [9.17, 15) is 4.79 Å². The third-order valence-electron chi connectivity index (χ3n) is 3.84. The van der Waals surface area contributed by atoms with Crippen molar-refractivity contribution in [3.8, 4) is 5.75 Å². The van der Waals surface area contributed by atoms with Crippen molar-refractivity contribution >= 4 is 11.6 Å². The third-order valence-corrected chi connectivity index (χ3v) is 3.84. The van der Waals surface area contributed by atoms with Gasteiger partial charge >= 0.3 is 0 Å². The lowest BCUT2D eigenvalue weighted by Gasteiger charge is -2.20. The average molecular weight is 326 g/mol. The normalized spacial score (nSPS) is 11.6. The van der Waals surface area contributed by atoms with Crippen LogP contribution < -0.4 is 15.0 Å². The van der Waals surface area contributed by atoms with E-state index in [0.29, 0.717) is 6.54 Å². The molecule has 0 saturated carbocycles. The van der Waals surface area contributed by atoms with Crippen molar-refractivity contribution in [1.29, 1.82) is 0 Å². The Bertz CT molecular complexity index is 643. The first-order chi connectivity index (χ1) is 11.6. The molecular weight excluding hydrogens is 300 g/mol. The second kappa shape index (κ2) is 8.96. The largest absolute Gasteiger partial charge is 0.481 e. The Balaban J connectivity index is 1.69. The Labute approximate surface area is 144 Å². The molecule has 4 heteroatoms. The number of para-hydroxylation sites is 1. The predicted octanol–water partition coefficient (Wildman–Crippen LogP) is 3.41. The zero-order chi connectivity index (χ0) is 17.4. The number of hydrogen-bond acceptors (Lipinski definition) is 3. The summed E-state index contributed by atoms with van der Waals surface area (Å²) in [6, 6.07) is 17.9. The van der Waals surface area contributed by atoms with Gasteiger partial charge in [-0.25, -0.2) is 0 Å². The average Bonchev–Trinajstić information content (AvgIpc) is 2.59. The summed E-state index contributed by atoms with van der Waals surface area (Å²) >= 11 is 0. The molecule has 0 fully saturated rings. The zero-order valence-corrected chi connectivity index (χ0v) is 14.7. The van der Waals surface area contributed by atoms with Gasteiger partial charge in [0.25, 0.3) is 5.91 Å². The van der Waals surface area contributed by atoms with Crippen LogP contribution >= 0.6 is 0 Å². The van der Waals surface area contributed by atoms with Crippen LogP contribution in [0.2, 0.25) is 0 Å². The summed E-state index contributed by atoms with van der Waals surface area (Å²) in [6.45, 7) is 5.30. The molecule has 24 heavy (non-hydrogen) atoms. The molecule has 2 rings (SSSR count). The third kappa shape index (κ3) is 5.61. The summed E-state index contributed by atoms with van der Waals surface area (Å²) in [4.78, 5) is 14.3. The quantitative estimate of drug-likeness (QED) is 0.756. The Morgan fingerprint density at radius 1 is 1.17 bits per heavy atom. The topological polar surface area (TPSA) is 41.6 Å². The second-order valence-corrected chi connectivity index (χ2v) is 5.98. The molecule has 0 bridgehead atoms. The second-order valence-electron chi connectivity index (χ2n) is 5.98. The number of carbonyl (C=O) groups excluding carboxylic acids is 1. The molecule has 128 valence electrons. The number of benzene rings is 2. The van der Waals surface area contributed by atoms with Crippen molar-refractivity contribution in [2.24, 2.45) is 0 Å². The van der Waals surface area contributed by atoms with Crippen LogP contribution in [0.5, 0.6) is 5.75 Å². The number of carbonyl (C=O) groups is 1. The number of rotatable bonds is 8. The first kappa shape index (κ1) is 17.9. The molecule has 0 aromatic heterocycles.